The number of carboxylic acids is 1. The van der Waals surface area contributed by atoms with Gasteiger partial charge in [0.2, 0.25) is 0 Å². The summed E-state index contributed by atoms with van der Waals surface area (Å²) in [5, 5.41) is 12.2. The molecular weight excluding hydrogens is 290 g/mol. The van der Waals surface area contributed by atoms with Gasteiger partial charge >= 0.3 is 5.97 Å². The summed E-state index contributed by atoms with van der Waals surface area (Å²) in [7, 11) is 0. The van der Waals surface area contributed by atoms with Crippen molar-refractivity contribution in [3.05, 3.63) is 40.7 Å². The summed E-state index contributed by atoms with van der Waals surface area (Å²) in [4.78, 5) is 31.7. The van der Waals surface area contributed by atoms with Gasteiger partial charge in [-0.25, -0.2) is 9.78 Å². The van der Waals surface area contributed by atoms with Crippen LogP contribution in [-0.2, 0) is 0 Å². The lowest BCUT2D eigenvalue weighted by Gasteiger charge is -2.23. The molecule has 0 saturated heterocycles. The van der Waals surface area contributed by atoms with Crippen LogP contribution in [0.1, 0.15) is 50.9 Å². The van der Waals surface area contributed by atoms with E-state index in [0.717, 1.165) is 30.6 Å². The predicted molar refractivity (Wildman–Crippen MR) is 77.9 cm³/mol. The molecule has 6 nitrogen and oxygen atoms in total. The molecule has 1 aliphatic carbocycles. The van der Waals surface area contributed by atoms with Gasteiger partial charge in [-0.05, 0) is 25.0 Å². The Morgan fingerprint density at radius 1 is 1.38 bits per heavy atom. The minimum atomic E-state index is -0.990. The minimum Gasteiger partial charge on any atom is -0.477 e. The highest BCUT2D eigenvalue weighted by molar-refractivity contribution is 7.17. The third-order valence-corrected chi connectivity index (χ3v) is 4.46. The third kappa shape index (κ3) is 2.78. The van der Waals surface area contributed by atoms with Crippen molar-refractivity contribution >= 4 is 28.3 Å². The van der Waals surface area contributed by atoms with Gasteiger partial charge in [0.25, 0.3) is 5.91 Å². The zero-order valence-electron chi connectivity index (χ0n) is 11.1. The zero-order chi connectivity index (χ0) is 14.8. The van der Waals surface area contributed by atoms with Gasteiger partial charge in [0.05, 0.1) is 11.3 Å². The van der Waals surface area contributed by atoms with Crippen LogP contribution in [0.5, 0.6) is 0 Å². The fraction of sp³-hybridized carbons (Fsp3) is 0.286. The van der Waals surface area contributed by atoms with Crippen LogP contribution in [-0.4, -0.2) is 27.0 Å². The Kier molecular flexibility index (Phi) is 3.66. The molecule has 2 heterocycles. The summed E-state index contributed by atoms with van der Waals surface area (Å²) >= 11 is 1.01. The Balaban J connectivity index is 1.82. The van der Waals surface area contributed by atoms with Crippen LogP contribution in [0, 0.1) is 0 Å². The monoisotopic (exact) mass is 303 g/mol. The van der Waals surface area contributed by atoms with Crippen molar-refractivity contribution in [1.82, 2.24) is 9.97 Å². The van der Waals surface area contributed by atoms with Crippen LogP contribution < -0.4 is 5.32 Å². The SMILES string of the molecule is O=C(Nc1nc(C2CCC2)c(C(=O)O)s1)c1cccnc1. The number of amides is 1. The van der Waals surface area contributed by atoms with Gasteiger partial charge in [0, 0.05) is 18.3 Å². The largest absolute Gasteiger partial charge is 0.477 e. The van der Waals surface area contributed by atoms with E-state index in [-0.39, 0.29) is 16.7 Å². The highest BCUT2D eigenvalue weighted by Gasteiger charge is 2.29. The van der Waals surface area contributed by atoms with E-state index in [1.807, 2.05) is 0 Å². The van der Waals surface area contributed by atoms with Crippen molar-refractivity contribution in [1.29, 1.82) is 0 Å². The first-order valence-corrected chi connectivity index (χ1v) is 7.42. The lowest BCUT2D eigenvalue weighted by Crippen LogP contribution is -2.14. The average Bonchev–Trinajstić information content (AvgIpc) is 2.81. The second-order valence-electron chi connectivity index (χ2n) is 4.86. The van der Waals surface area contributed by atoms with Gasteiger partial charge in [-0.2, -0.15) is 0 Å². The molecule has 21 heavy (non-hydrogen) atoms. The van der Waals surface area contributed by atoms with E-state index in [9.17, 15) is 14.7 Å². The van der Waals surface area contributed by atoms with Crippen molar-refractivity contribution in [2.24, 2.45) is 0 Å². The molecule has 1 aliphatic rings. The van der Waals surface area contributed by atoms with E-state index in [2.05, 4.69) is 15.3 Å². The second kappa shape index (κ2) is 5.61. The molecule has 2 N–H and O–H groups in total. The molecule has 0 unspecified atom stereocenters. The maximum Gasteiger partial charge on any atom is 0.347 e. The van der Waals surface area contributed by atoms with Crippen LogP contribution in [0.15, 0.2) is 24.5 Å². The summed E-state index contributed by atoms with van der Waals surface area (Å²) in [6, 6.07) is 3.31. The number of thiazole rings is 1. The third-order valence-electron chi connectivity index (χ3n) is 3.48. The number of aromatic nitrogens is 2. The molecule has 0 spiro atoms. The number of anilines is 1. The number of carbonyl (C=O) groups is 2. The van der Waals surface area contributed by atoms with E-state index in [0.29, 0.717) is 16.4 Å². The van der Waals surface area contributed by atoms with E-state index in [1.165, 1.54) is 6.20 Å². The van der Waals surface area contributed by atoms with Crippen LogP contribution in [0.3, 0.4) is 0 Å². The molecule has 0 atom stereocenters. The Morgan fingerprint density at radius 2 is 2.19 bits per heavy atom. The van der Waals surface area contributed by atoms with Gasteiger partial charge in [-0.3, -0.25) is 15.1 Å². The normalized spacial score (nSPS) is 14.5. The van der Waals surface area contributed by atoms with Gasteiger partial charge in [0.1, 0.15) is 4.88 Å². The molecule has 0 radical (unpaired) electrons. The first kappa shape index (κ1) is 13.7. The van der Waals surface area contributed by atoms with Crippen molar-refractivity contribution in [2.75, 3.05) is 5.32 Å². The zero-order valence-corrected chi connectivity index (χ0v) is 11.9. The van der Waals surface area contributed by atoms with Crippen LogP contribution >= 0.6 is 11.3 Å². The number of nitrogens with zero attached hydrogens (tertiary/aromatic N) is 2. The van der Waals surface area contributed by atoms with Crippen LogP contribution in [0.4, 0.5) is 5.13 Å². The Bertz CT molecular complexity index is 680. The molecule has 0 aliphatic heterocycles. The molecule has 1 saturated carbocycles. The minimum absolute atomic E-state index is 0.205. The standard InChI is InChI=1S/C14H13N3O3S/c18-12(9-5-2-6-15-7-9)17-14-16-10(8-3-1-4-8)11(21-14)13(19)20/h2,5-8H,1,3-4H2,(H,19,20)(H,16,17,18). The average molecular weight is 303 g/mol. The molecule has 2 aromatic heterocycles. The lowest BCUT2D eigenvalue weighted by molar-refractivity contribution is 0.0699. The Labute approximate surface area is 124 Å². The molecule has 0 aromatic carbocycles. The first-order valence-electron chi connectivity index (χ1n) is 6.60. The number of nitrogens with one attached hydrogen (secondary N) is 1. The Morgan fingerprint density at radius 3 is 2.76 bits per heavy atom. The summed E-state index contributed by atoms with van der Waals surface area (Å²) < 4.78 is 0. The number of rotatable bonds is 4. The smallest absolute Gasteiger partial charge is 0.347 e. The van der Waals surface area contributed by atoms with E-state index in [1.54, 1.807) is 18.3 Å². The van der Waals surface area contributed by atoms with Crippen molar-refractivity contribution < 1.29 is 14.7 Å². The number of aromatic carboxylic acids is 1. The number of hydrogen-bond acceptors (Lipinski definition) is 5. The Hall–Kier alpha value is -2.28. The first-order chi connectivity index (χ1) is 10.1. The van der Waals surface area contributed by atoms with Crippen molar-refractivity contribution in [3.63, 3.8) is 0 Å². The fourth-order valence-corrected chi connectivity index (χ4v) is 3.05. The molecular formula is C14H13N3O3S. The topological polar surface area (TPSA) is 92.2 Å². The molecule has 2 aromatic rings. The summed E-state index contributed by atoms with van der Waals surface area (Å²) in [5.74, 6) is -1.12. The molecule has 7 heteroatoms. The number of pyridine rings is 1. The summed E-state index contributed by atoms with van der Waals surface area (Å²) in [6.45, 7) is 0. The van der Waals surface area contributed by atoms with E-state index in [4.69, 9.17) is 0 Å². The molecule has 108 valence electrons. The van der Waals surface area contributed by atoms with Gasteiger partial charge in [0.15, 0.2) is 5.13 Å². The molecule has 3 rings (SSSR count). The van der Waals surface area contributed by atoms with Gasteiger partial charge in [-0.15, -0.1) is 0 Å². The summed E-state index contributed by atoms with van der Waals surface area (Å²) in [5.41, 5.74) is 1.01. The van der Waals surface area contributed by atoms with Gasteiger partial charge in [-0.1, -0.05) is 17.8 Å². The number of hydrogen-bond donors (Lipinski definition) is 2. The molecule has 1 fully saturated rings. The van der Waals surface area contributed by atoms with Crippen molar-refractivity contribution in [2.45, 2.75) is 25.2 Å². The van der Waals surface area contributed by atoms with Crippen LogP contribution in [0.25, 0.3) is 0 Å². The maximum absolute atomic E-state index is 12.0. The molecule has 1 amide bonds. The summed E-state index contributed by atoms with van der Waals surface area (Å²) in [6.07, 6.45) is 6.05. The predicted octanol–water partition coefficient (Wildman–Crippen LogP) is 2.76. The van der Waals surface area contributed by atoms with E-state index >= 15 is 0 Å². The highest BCUT2D eigenvalue weighted by atomic mass is 32.1. The van der Waals surface area contributed by atoms with Gasteiger partial charge < -0.3 is 5.11 Å². The van der Waals surface area contributed by atoms with Crippen LogP contribution in [0.2, 0.25) is 0 Å². The van der Waals surface area contributed by atoms with E-state index < -0.39 is 5.97 Å². The van der Waals surface area contributed by atoms with Crippen molar-refractivity contribution in [3.8, 4) is 0 Å². The number of carboxylic acid groups (broad SMARTS) is 1. The number of carbonyl (C=O) groups excluding carboxylic acids is 1. The fourth-order valence-electron chi connectivity index (χ4n) is 2.16. The lowest BCUT2D eigenvalue weighted by atomic mass is 9.82. The second-order valence-corrected chi connectivity index (χ2v) is 5.86. The maximum atomic E-state index is 12.0. The quantitative estimate of drug-likeness (QED) is 0.906. The highest BCUT2D eigenvalue weighted by Crippen LogP contribution is 2.40. The molecule has 0 bridgehead atoms.